The summed E-state index contributed by atoms with van der Waals surface area (Å²) in [6.07, 6.45) is 4.07. The van der Waals surface area contributed by atoms with E-state index in [-0.39, 0.29) is 23.5 Å². The van der Waals surface area contributed by atoms with Crippen molar-refractivity contribution in [1.82, 2.24) is 4.31 Å². The lowest BCUT2D eigenvalue weighted by Gasteiger charge is -2.30. The van der Waals surface area contributed by atoms with Crippen molar-refractivity contribution in [2.75, 3.05) is 30.8 Å². The maximum Gasteiger partial charge on any atom is 0.338 e. The first-order chi connectivity index (χ1) is 16.4. The predicted molar refractivity (Wildman–Crippen MR) is 133 cm³/mol. The minimum absolute atomic E-state index is 0.117. The summed E-state index contributed by atoms with van der Waals surface area (Å²) in [7, 11) is -3.33. The number of aryl methyl sites for hydroxylation is 1. The largest absolute Gasteiger partial charge is 0.462 e. The Morgan fingerprint density at radius 2 is 1.68 bits per heavy atom. The number of benzene rings is 2. The number of hydrogen-bond acceptors (Lipinski definition) is 5. The number of unbranched alkanes of at least 4 members (excludes halogenated alkanes) is 1. The quantitative estimate of drug-likeness (QED) is 0.378. The van der Waals surface area contributed by atoms with Crippen LogP contribution in [0.3, 0.4) is 0 Å². The molecule has 34 heavy (non-hydrogen) atoms. The van der Waals surface area contributed by atoms with Crippen molar-refractivity contribution in [3.63, 3.8) is 0 Å². The van der Waals surface area contributed by atoms with E-state index in [0.29, 0.717) is 50.2 Å². The van der Waals surface area contributed by atoms with Crippen LogP contribution in [0.1, 0.15) is 54.9 Å². The van der Waals surface area contributed by atoms with Crippen molar-refractivity contribution in [2.45, 2.75) is 45.4 Å². The van der Waals surface area contributed by atoms with E-state index >= 15 is 0 Å². The van der Waals surface area contributed by atoms with Gasteiger partial charge in [-0.3, -0.25) is 4.79 Å². The molecule has 7 nitrogen and oxygen atoms in total. The number of hydrogen-bond donors (Lipinski definition) is 1. The Labute approximate surface area is 202 Å². The maximum absolute atomic E-state index is 12.7. The molecule has 184 valence electrons. The fraction of sp³-hybridized carbons (Fsp3) is 0.462. The Morgan fingerprint density at radius 1 is 1.00 bits per heavy atom. The molecule has 2 aromatic carbocycles. The minimum atomic E-state index is -3.33. The zero-order chi connectivity index (χ0) is 24.4. The fourth-order valence-electron chi connectivity index (χ4n) is 3.96. The number of sulfonamides is 1. The van der Waals surface area contributed by atoms with Gasteiger partial charge in [-0.1, -0.05) is 43.7 Å². The molecule has 1 fully saturated rings. The molecule has 1 saturated heterocycles. The second-order valence-corrected chi connectivity index (χ2v) is 10.7. The number of ether oxygens (including phenoxy) is 1. The normalized spacial score (nSPS) is 15.1. The van der Waals surface area contributed by atoms with Crippen LogP contribution < -0.4 is 5.32 Å². The van der Waals surface area contributed by atoms with Gasteiger partial charge in [0.1, 0.15) is 0 Å². The van der Waals surface area contributed by atoms with Gasteiger partial charge in [0, 0.05) is 24.7 Å². The average molecular weight is 487 g/mol. The van der Waals surface area contributed by atoms with Crippen molar-refractivity contribution in [3.8, 4) is 0 Å². The number of anilines is 1. The molecule has 1 N–H and O–H groups in total. The topological polar surface area (TPSA) is 92.8 Å². The molecule has 0 bridgehead atoms. The highest BCUT2D eigenvalue weighted by Gasteiger charge is 2.30. The fourth-order valence-corrected chi connectivity index (χ4v) is 5.49. The zero-order valence-electron chi connectivity index (χ0n) is 19.7. The summed E-state index contributed by atoms with van der Waals surface area (Å²) in [6.45, 7) is 3.14. The van der Waals surface area contributed by atoms with Gasteiger partial charge < -0.3 is 10.1 Å². The second kappa shape index (κ2) is 12.7. The molecule has 0 unspecified atom stereocenters. The maximum atomic E-state index is 12.7. The van der Waals surface area contributed by atoms with E-state index in [0.717, 1.165) is 24.8 Å². The van der Waals surface area contributed by atoms with E-state index in [9.17, 15) is 18.0 Å². The Bertz CT molecular complexity index is 1030. The lowest BCUT2D eigenvalue weighted by Crippen LogP contribution is -2.42. The first kappa shape index (κ1) is 25.9. The van der Waals surface area contributed by atoms with Gasteiger partial charge in [0.05, 0.1) is 17.9 Å². The van der Waals surface area contributed by atoms with E-state index in [4.69, 9.17) is 4.74 Å². The van der Waals surface area contributed by atoms with Crippen LogP contribution in [0.25, 0.3) is 0 Å². The molecule has 0 spiro atoms. The molecule has 0 aliphatic carbocycles. The monoisotopic (exact) mass is 486 g/mol. The highest BCUT2D eigenvalue weighted by atomic mass is 32.2. The van der Waals surface area contributed by atoms with E-state index in [1.165, 1.54) is 4.31 Å². The molecule has 0 atom stereocenters. The first-order valence-corrected chi connectivity index (χ1v) is 13.6. The van der Waals surface area contributed by atoms with Gasteiger partial charge in [-0.15, -0.1) is 0 Å². The first-order valence-electron chi connectivity index (χ1n) is 12.0. The third-order valence-corrected chi connectivity index (χ3v) is 8.00. The number of carbonyl (C=O) groups is 2. The van der Waals surface area contributed by atoms with Crippen molar-refractivity contribution in [3.05, 3.63) is 65.7 Å². The smallest absolute Gasteiger partial charge is 0.338 e. The van der Waals surface area contributed by atoms with Gasteiger partial charge in [0.15, 0.2) is 0 Å². The number of esters is 1. The zero-order valence-corrected chi connectivity index (χ0v) is 20.6. The van der Waals surface area contributed by atoms with Crippen LogP contribution >= 0.6 is 0 Å². The summed E-state index contributed by atoms with van der Waals surface area (Å²) in [5.41, 5.74) is 2.18. The molecular formula is C26H34N2O5S. The van der Waals surface area contributed by atoms with Crippen LogP contribution in [0.2, 0.25) is 0 Å². The van der Waals surface area contributed by atoms with Crippen molar-refractivity contribution in [2.24, 2.45) is 5.92 Å². The molecule has 1 aliphatic rings. The summed E-state index contributed by atoms with van der Waals surface area (Å²) in [6, 6.07) is 16.5. The summed E-state index contributed by atoms with van der Waals surface area (Å²) in [4.78, 5) is 24.7. The molecule has 0 saturated carbocycles. The summed E-state index contributed by atoms with van der Waals surface area (Å²) < 4.78 is 32.1. The highest BCUT2D eigenvalue weighted by Crippen LogP contribution is 2.22. The number of amides is 1. The van der Waals surface area contributed by atoms with Crippen molar-refractivity contribution >= 4 is 27.6 Å². The number of rotatable bonds is 11. The average Bonchev–Trinajstić information content (AvgIpc) is 2.85. The van der Waals surface area contributed by atoms with Crippen LogP contribution in [0.15, 0.2) is 54.6 Å². The molecule has 0 radical (unpaired) electrons. The van der Waals surface area contributed by atoms with E-state index < -0.39 is 10.0 Å². The Hall–Kier alpha value is -2.71. The van der Waals surface area contributed by atoms with E-state index in [2.05, 4.69) is 5.32 Å². The van der Waals surface area contributed by atoms with Crippen LogP contribution in [-0.4, -0.2) is 50.0 Å². The predicted octanol–water partition coefficient (Wildman–Crippen LogP) is 4.26. The van der Waals surface area contributed by atoms with Crippen molar-refractivity contribution < 1.29 is 22.7 Å². The SMILES string of the molecule is CCCCOC(=O)c1ccc(NC(=O)C2CCN(S(=O)(=O)CCCc3ccccc3)CC2)cc1. The van der Waals surface area contributed by atoms with Crippen LogP contribution in [-0.2, 0) is 26.0 Å². The number of carbonyl (C=O) groups excluding carboxylic acids is 2. The number of nitrogens with one attached hydrogen (secondary N) is 1. The molecule has 2 aromatic rings. The molecule has 3 rings (SSSR count). The Balaban J connectivity index is 1.42. The number of nitrogens with zero attached hydrogens (tertiary/aromatic N) is 1. The molecule has 8 heteroatoms. The van der Waals surface area contributed by atoms with Gasteiger partial charge in [0.2, 0.25) is 15.9 Å². The molecule has 1 aliphatic heterocycles. The van der Waals surface area contributed by atoms with Gasteiger partial charge in [-0.25, -0.2) is 17.5 Å². The van der Waals surface area contributed by atoms with Gasteiger partial charge >= 0.3 is 5.97 Å². The third-order valence-electron chi connectivity index (χ3n) is 6.05. The summed E-state index contributed by atoms with van der Waals surface area (Å²) in [5, 5.41) is 2.88. The summed E-state index contributed by atoms with van der Waals surface area (Å²) >= 11 is 0. The van der Waals surface area contributed by atoms with Crippen molar-refractivity contribution in [1.29, 1.82) is 0 Å². The molecule has 0 aromatic heterocycles. The lowest BCUT2D eigenvalue weighted by molar-refractivity contribution is -0.120. The Morgan fingerprint density at radius 3 is 2.32 bits per heavy atom. The van der Waals surface area contributed by atoms with Crippen LogP contribution in [0.5, 0.6) is 0 Å². The highest BCUT2D eigenvalue weighted by molar-refractivity contribution is 7.89. The second-order valence-electron chi connectivity index (χ2n) is 8.63. The standard InChI is InChI=1S/C26H34N2O5S/c1-2-3-19-33-26(30)23-11-13-24(14-12-23)27-25(29)22-15-17-28(18-16-22)34(31,32)20-7-10-21-8-5-4-6-9-21/h4-6,8-9,11-14,22H,2-3,7,10,15-20H2,1H3,(H,27,29). The van der Waals surface area contributed by atoms with Crippen LogP contribution in [0, 0.1) is 5.92 Å². The summed E-state index contributed by atoms with van der Waals surface area (Å²) in [5.74, 6) is -0.621. The van der Waals surface area contributed by atoms with Gasteiger partial charge in [0.25, 0.3) is 0 Å². The van der Waals surface area contributed by atoms with E-state index in [1.54, 1.807) is 24.3 Å². The molecule has 1 amide bonds. The Kier molecular flexibility index (Phi) is 9.65. The lowest BCUT2D eigenvalue weighted by atomic mass is 9.97. The van der Waals surface area contributed by atoms with E-state index in [1.807, 2.05) is 37.3 Å². The van der Waals surface area contributed by atoms with Crippen LogP contribution in [0.4, 0.5) is 5.69 Å². The minimum Gasteiger partial charge on any atom is -0.462 e. The number of piperidine rings is 1. The molecular weight excluding hydrogens is 452 g/mol. The third kappa shape index (κ3) is 7.67. The molecule has 1 heterocycles. The van der Waals surface area contributed by atoms with Gasteiger partial charge in [-0.2, -0.15) is 0 Å². The van der Waals surface area contributed by atoms with Gasteiger partial charge in [-0.05, 0) is 61.9 Å².